The minimum Gasteiger partial charge on any atom is -0.503 e. The molecular formula is C19H19F3N2O5. The number of aliphatic carboxylic acids is 1. The number of aryl methyl sites for hydroxylation is 1. The summed E-state index contributed by atoms with van der Waals surface area (Å²) in [6.45, 7) is 4.85. The van der Waals surface area contributed by atoms with E-state index < -0.39 is 35.8 Å². The summed E-state index contributed by atoms with van der Waals surface area (Å²) in [5.74, 6) is -1.76. The number of alkyl halides is 3. The smallest absolute Gasteiger partial charge is 0.433 e. The van der Waals surface area contributed by atoms with Crippen LogP contribution in [0.3, 0.4) is 0 Å². The van der Waals surface area contributed by atoms with E-state index in [1.165, 1.54) is 13.2 Å². The van der Waals surface area contributed by atoms with Crippen molar-refractivity contribution in [2.45, 2.75) is 33.1 Å². The Morgan fingerprint density at radius 1 is 1.24 bits per heavy atom. The van der Waals surface area contributed by atoms with Crippen molar-refractivity contribution in [1.29, 1.82) is 0 Å². The highest BCUT2D eigenvalue weighted by molar-refractivity contribution is 6.16. The molecule has 10 heteroatoms. The molecule has 0 saturated carbocycles. The SMILES string of the molecule is COC=C(C(=O)O)c1c(C)cccc1Oc1cc(C(F)(F)F)nc(OC(C)C)n1. The average molecular weight is 412 g/mol. The van der Waals surface area contributed by atoms with E-state index in [4.69, 9.17) is 14.2 Å². The summed E-state index contributed by atoms with van der Waals surface area (Å²) in [5.41, 5.74) is -0.833. The predicted octanol–water partition coefficient (Wildman–Crippen LogP) is 4.46. The zero-order valence-corrected chi connectivity index (χ0v) is 16.1. The van der Waals surface area contributed by atoms with Crippen LogP contribution in [0, 0.1) is 6.92 Å². The van der Waals surface area contributed by atoms with Gasteiger partial charge in [-0.3, -0.25) is 0 Å². The van der Waals surface area contributed by atoms with Crippen LogP contribution in [0.4, 0.5) is 13.2 Å². The largest absolute Gasteiger partial charge is 0.503 e. The fraction of sp³-hybridized carbons (Fsp3) is 0.316. The molecule has 1 N–H and O–H groups in total. The van der Waals surface area contributed by atoms with Crippen molar-refractivity contribution >= 4 is 11.5 Å². The Labute approximate surface area is 164 Å². The second-order valence-corrected chi connectivity index (χ2v) is 6.16. The second kappa shape index (κ2) is 8.80. The minimum atomic E-state index is -4.76. The van der Waals surface area contributed by atoms with Crippen LogP contribution in [0.5, 0.6) is 17.6 Å². The van der Waals surface area contributed by atoms with Gasteiger partial charge in [-0.05, 0) is 32.4 Å². The molecule has 1 aromatic carbocycles. The molecule has 0 aliphatic carbocycles. The van der Waals surface area contributed by atoms with Gasteiger partial charge in [0.2, 0.25) is 5.88 Å². The molecule has 7 nitrogen and oxygen atoms in total. The van der Waals surface area contributed by atoms with Crippen LogP contribution in [0.1, 0.15) is 30.7 Å². The van der Waals surface area contributed by atoms with Crippen LogP contribution >= 0.6 is 0 Å². The lowest BCUT2D eigenvalue weighted by Crippen LogP contribution is -2.14. The highest BCUT2D eigenvalue weighted by Gasteiger charge is 2.34. The maximum atomic E-state index is 13.2. The first-order chi connectivity index (χ1) is 13.5. The molecule has 0 unspecified atom stereocenters. The molecule has 0 aliphatic heterocycles. The monoisotopic (exact) mass is 412 g/mol. The Bertz CT molecular complexity index is 927. The zero-order valence-electron chi connectivity index (χ0n) is 16.1. The molecule has 2 rings (SSSR count). The quantitative estimate of drug-likeness (QED) is 0.530. The average Bonchev–Trinajstić information content (AvgIpc) is 2.59. The van der Waals surface area contributed by atoms with E-state index in [0.717, 1.165) is 6.26 Å². The molecule has 0 radical (unpaired) electrons. The van der Waals surface area contributed by atoms with Crippen LogP contribution in [0.15, 0.2) is 30.5 Å². The number of carbonyl (C=O) groups is 1. The van der Waals surface area contributed by atoms with E-state index >= 15 is 0 Å². The van der Waals surface area contributed by atoms with Gasteiger partial charge in [-0.15, -0.1) is 0 Å². The van der Waals surface area contributed by atoms with Crippen molar-refractivity contribution in [3.8, 4) is 17.6 Å². The molecule has 0 fully saturated rings. The van der Waals surface area contributed by atoms with Crippen LogP contribution in [0.25, 0.3) is 5.57 Å². The maximum Gasteiger partial charge on any atom is 0.433 e. The minimum absolute atomic E-state index is 0.0157. The van der Waals surface area contributed by atoms with Gasteiger partial charge >= 0.3 is 18.2 Å². The highest BCUT2D eigenvalue weighted by atomic mass is 19.4. The van der Waals surface area contributed by atoms with Gasteiger partial charge < -0.3 is 19.3 Å². The van der Waals surface area contributed by atoms with Crippen molar-refractivity contribution in [2.24, 2.45) is 0 Å². The number of nitrogens with zero attached hydrogens (tertiary/aromatic N) is 2. The van der Waals surface area contributed by atoms with Gasteiger partial charge in [-0.2, -0.15) is 23.1 Å². The summed E-state index contributed by atoms with van der Waals surface area (Å²) in [6, 6.07) is 4.71. The van der Waals surface area contributed by atoms with Gasteiger partial charge in [0.05, 0.1) is 19.5 Å². The first-order valence-corrected chi connectivity index (χ1v) is 8.40. The second-order valence-electron chi connectivity index (χ2n) is 6.16. The van der Waals surface area contributed by atoms with Crippen LogP contribution in [-0.4, -0.2) is 34.3 Å². The van der Waals surface area contributed by atoms with Crippen molar-refractivity contribution < 1.29 is 37.3 Å². The summed E-state index contributed by atoms with van der Waals surface area (Å²) in [4.78, 5) is 18.8. The lowest BCUT2D eigenvalue weighted by atomic mass is 10.0. The molecule has 0 bridgehead atoms. The van der Waals surface area contributed by atoms with Crippen molar-refractivity contribution in [2.75, 3.05) is 7.11 Å². The molecule has 1 aromatic heterocycles. The number of hydrogen-bond donors (Lipinski definition) is 1. The maximum absolute atomic E-state index is 13.2. The van der Waals surface area contributed by atoms with Gasteiger partial charge in [0.15, 0.2) is 5.69 Å². The van der Waals surface area contributed by atoms with Crippen LogP contribution in [0.2, 0.25) is 0 Å². The van der Waals surface area contributed by atoms with E-state index in [1.807, 2.05) is 0 Å². The number of ether oxygens (including phenoxy) is 3. The first kappa shape index (κ1) is 22.0. The topological polar surface area (TPSA) is 90.8 Å². The molecule has 1 heterocycles. The van der Waals surface area contributed by atoms with Gasteiger partial charge in [0.1, 0.15) is 11.3 Å². The van der Waals surface area contributed by atoms with Crippen LogP contribution < -0.4 is 9.47 Å². The summed E-state index contributed by atoms with van der Waals surface area (Å²) in [7, 11) is 1.28. The molecular weight excluding hydrogens is 393 g/mol. The molecule has 0 spiro atoms. The molecule has 2 aromatic rings. The molecule has 29 heavy (non-hydrogen) atoms. The number of rotatable bonds is 7. The Balaban J connectivity index is 2.58. The van der Waals surface area contributed by atoms with Gasteiger partial charge in [-0.25, -0.2) is 4.79 Å². The molecule has 0 saturated heterocycles. The number of carboxylic acid groups (broad SMARTS) is 1. The summed E-state index contributed by atoms with van der Waals surface area (Å²) in [6.07, 6.45) is -4.22. The number of hydrogen-bond acceptors (Lipinski definition) is 6. The lowest BCUT2D eigenvalue weighted by Gasteiger charge is -2.16. The number of aromatic nitrogens is 2. The van der Waals surface area contributed by atoms with E-state index in [0.29, 0.717) is 11.6 Å². The van der Waals surface area contributed by atoms with E-state index in [2.05, 4.69) is 9.97 Å². The fourth-order valence-corrected chi connectivity index (χ4v) is 2.38. The Morgan fingerprint density at radius 2 is 1.93 bits per heavy atom. The number of benzene rings is 1. The Hall–Kier alpha value is -3.30. The van der Waals surface area contributed by atoms with Crippen LogP contribution in [-0.2, 0) is 15.7 Å². The van der Waals surface area contributed by atoms with Gasteiger partial charge in [0.25, 0.3) is 0 Å². The standard InChI is InChI=1S/C19H19F3N2O5/c1-10(2)28-18-23-14(19(20,21)22)8-15(24-18)29-13-7-5-6-11(3)16(13)12(9-27-4)17(25)26/h5-10H,1-4H3,(H,25,26). The van der Waals surface area contributed by atoms with E-state index in [1.54, 1.807) is 32.9 Å². The lowest BCUT2D eigenvalue weighted by molar-refractivity contribution is -0.141. The number of halogens is 3. The highest BCUT2D eigenvalue weighted by Crippen LogP contribution is 2.35. The van der Waals surface area contributed by atoms with Gasteiger partial charge in [-0.1, -0.05) is 12.1 Å². The fourth-order valence-electron chi connectivity index (χ4n) is 2.38. The normalized spacial score (nSPS) is 12.1. The summed E-state index contributed by atoms with van der Waals surface area (Å²) < 4.78 is 55.1. The molecule has 0 amide bonds. The molecule has 0 atom stereocenters. The van der Waals surface area contributed by atoms with Crippen molar-refractivity contribution in [1.82, 2.24) is 9.97 Å². The molecule has 0 aliphatic rings. The molecule has 156 valence electrons. The number of methoxy groups -OCH3 is 1. The van der Waals surface area contributed by atoms with Gasteiger partial charge in [0, 0.05) is 11.6 Å². The number of carboxylic acids is 1. The first-order valence-electron chi connectivity index (χ1n) is 8.40. The third kappa shape index (κ3) is 5.59. The third-order valence-electron chi connectivity index (χ3n) is 3.50. The Morgan fingerprint density at radius 3 is 2.48 bits per heavy atom. The van der Waals surface area contributed by atoms with Crippen molar-refractivity contribution in [3.63, 3.8) is 0 Å². The summed E-state index contributed by atoms with van der Waals surface area (Å²) >= 11 is 0. The predicted molar refractivity (Wildman–Crippen MR) is 96.7 cm³/mol. The van der Waals surface area contributed by atoms with E-state index in [-0.39, 0.29) is 16.9 Å². The summed E-state index contributed by atoms with van der Waals surface area (Å²) in [5, 5.41) is 9.47. The Kier molecular flexibility index (Phi) is 6.68. The zero-order chi connectivity index (χ0) is 21.8. The third-order valence-corrected chi connectivity index (χ3v) is 3.50. The van der Waals surface area contributed by atoms with E-state index in [9.17, 15) is 23.1 Å². The van der Waals surface area contributed by atoms with Crippen molar-refractivity contribution in [3.05, 3.63) is 47.3 Å².